The van der Waals surface area contributed by atoms with E-state index in [1.54, 1.807) is 7.11 Å². The predicted molar refractivity (Wildman–Crippen MR) is 77.7 cm³/mol. The van der Waals surface area contributed by atoms with E-state index in [4.69, 9.17) is 4.74 Å². The van der Waals surface area contributed by atoms with Crippen LogP contribution in [0.1, 0.15) is 45.2 Å². The number of ether oxygens (including phenoxy) is 1. The highest BCUT2D eigenvalue weighted by molar-refractivity contribution is 5.19. The molecule has 0 saturated carbocycles. The van der Waals surface area contributed by atoms with Crippen molar-refractivity contribution in [3.05, 3.63) is 35.6 Å². The van der Waals surface area contributed by atoms with Crippen molar-refractivity contribution in [3.63, 3.8) is 0 Å². The first kappa shape index (κ1) is 16.1. The lowest BCUT2D eigenvalue weighted by molar-refractivity contribution is 0.148. The second kappa shape index (κ2) is 7.61. The van der Waals surface area contributed by atoms with Gasteiger partial charge in [0, 0.05) is 26.3 Å². The van der Waals surface area contributed by atoms with E-state index in [0.29, 0.717) is 0 Å². The van der Waals surface area contributed by atoms with Gasteiger partial charge in [-0.05, 0) is 36.0 Å². The van der Waals surface area contributed by atoms with Crippen LogP contribution in [0.4, 0.5) is 4.39 Å². The van der Waals surface area contributed by atoms with Crippen molar-refractivity contribution in [1.82, 2.24) is 5.32 Å². The third-order valence-corrected chi connectivity index (χ3v) is 3.49. The van der Waals surface area contributed by atoms with Gasteiger partial charge in [-0.1, -0.05) is 32.9 Å². The summed E-state index contributed by atoms with van der Waals surface area (Å²) in [4.78, 5) is 0. The molecular formula is C16H26FNO. The lowest BCUT2D eigenvalue weighted by Gasteiger charge is -2.28. The number of halogens is 1. The Morgan fingerprint density at radius 2 is 1.89 bits per heavy atom. The number of hydrogen-bond acceptors (Lipinski definition) is 2. The number of hydrogen-bond donors (Lipinski definition) is 1. The van der Waals surface area contributed by atoms with Crippen LogP contribution in [-0.4, -0.2) is 20.3 Å². The Kier molecular flexibility index (Phi) is 6.46. The van der Waals surface area contributed by atoms with Crippen LogP contribution in [-0.2, 0) is 4.74 Å². The summed E-state index contributed by atoms with van der Waals surface area (Å²) < 4.78 is 18.1. The molecule has 0 amide bonds. The molecule has 0 spiro atoms. The molecule has 0 fully saturated rings. The van der Waals surface area contributed by atoms with Gasteiger partial charge in [0.1, 0.15) is 5.82 Å². The van der Waals surface area contributed by atoms with Gasteiger partial charge in [-0.15, -0.1) is 0 Å². The largest absolute Gasteiger partial charge is 0.385 e. The van der Waals surface area contributed by atoms with Gasteiger partial charge in [-0.3, -0.25) is 0 Å². The lowest BCUT2D eigenvalue weighted by Crippen LogP contribution is -2.33. The Balaban J connectivity index is 2.55. The fourth-order valence-electron chi connectivity index (χ4n) is 2.06. The molecule has 108 valence electrons. The maximum atomic E-state index is 12.9. The van der Waals surface area contributed by atoms with Gasteiger partial charge in [0.15, 0.2) is 0 Å². The molecule has 2 nitrogen and oxygen atoms in total. The Labute approximate surface area is 116 Å². The van der Waals surface area contributed by atoms with Crippen molar-refractivity contribution in [2.75, 3.05) is 20.3 Å². The zero-order chi connectivity index (χ0) is 14.3. The summed E-state index contributed by atoms with van der Waals surface area (Å²) in [6, 6.07) is 7.05. The van der Waals surface area contributed by atoms with Crippen molar-refractivity contribution in [1.29, 1.82) is 0 Å². The summed E-state index contributed by atoms with van der Waals surface area (Å²) in [5.41, 5.74) is 1.34. The van der Waals surface area contributed by atoms with Gasteiger partial charge >= 0.3 is 0 Å². The van der Waals surface area contributed by atoms with Crippen molar-refractivity contribution >= 4 is 0 Å². The van der Waals surface area contributed by atoms with Crippen molar-refractivity contribution in [2.24, 2.45) is 5.41 Å². The van der Waals surface area contributed by atoms with E-state index >= 15 is 0 Å². The molecule has 19 heavy (non-hydrogen) atoms. The minimum atomic E-state index is -0.181. The predicted octanol–water partition coefficient (Wildman–Crippen LogP) is 3.93. The maximum absolute atomic E-state index is 12.9. The SMILES string of the molecule is CCC(NCC(C)(C)CCOC)c1ccc(F)cc1. The van der Waals surface area contributed by atoms with Crippen LogP contribution in [0.5, 0.6) is 0 Å². The van der Waals surface area contributed by atoms with E-state index in [0.717, 1.165) is 31.6 Å². The van der Waals surface area contributed by atoms with Crippen LogP contribution >= 0.6 is 0 Å². The van der Waals surface area contributed by atoms with Crippen LogP contribution in [0, 0.1) is 11.2 Å². The Hall–Kier alpha value is -0.930. The normalized spacial score (nSPS) is 13.5. The molecule has 0 radical (unpaired) electrons. The molecule has 1 atom stereocenters. The van der Waals surface area contributed by atoms with Crippen LogP contribution < -0.4 is 5.32 Å². The minimum absolute atomic E-state index is 0.181. The summed E-state index contributed by atoms with van der Waals surface area (Å²) >= 11 is 0. The molecule has 0 saturated heterocycles. The second-order valence-corrected chi connectivity index (χ2v) is 5.80. The second-order valence-electron chi connectivity index (χ2n) is 5.80. The van der Waals surface area contributed by atoms with E-state index in [1.807, 2.05) is 12.1 Å². The molecule has 3 heteroatoms. The number of rotatable bonds is 8. The van der Waals surface area contributed by atoms with Gasteiger partial charge in [0.05, 0.1) is 0 Å². The average Bonchev–Trinajstić information content (AvgIpc) is 2.39. The molecule has 1 N–H and O–H groups in total. The third kappa shape index (κ3) is 5.70. The van der Waals surface area contributed by atoms with E-state index in [9.17, 15) is 4.39 Å². The zero-order valence-corrected chi connectivity index (χ0v) is 12.5. The smallest absolute Gasteiger partial charge is 0.123 e. The Morgan fingerprint density at radius 3 is 2.42 bits per heavy atom. The molecule has 0 aliphatic carbocycles. The Morgan fingerprint density at radius 1 is 1.26 bits per heavy atom. The molecule has 0 aromatic heterocycles. The monoisotopic (exact) mass is 267 g/mol. The van der Waals surface area contributed by atoms with Crippen molar-refractivity contribution < 1.29 is 9.13 Å². The van der Waals surface area contributed by atoms with Gasteiger partial charge in [-0.25, -0.2) is 4.39 Å². The molecular weight excluding hydrogens is 241 g/mol. The first-order chi connectivity index (χ1) is 8.98. The number of nitrogens with one attached hydrogen (secondary N) is 1. The lowest BCUT2D eigenvalue weighted by atomic mass is 9.89. The van der Waals surface area contributed by atoms with Crippen LogP contribution in [0.15, 0.2) is 24.3 Å². The third-order valence-electron chi connectivity index (χ3n) is 3.49. The minimum Gasteiger partial charge on any atom is -0.385 e. The first-order valence-corrected chi connectivity index (χ1v) is 6.96. The van der Waals surface area contributed by atoms with Gasteiger partial charge in [0.25, 0.3) is 0 Å². The standard InChI is InChI=1S/C16H26FNO/c1-5-15(13-6-8-14(17)9-7-13)18-12-16(2,3)10-11-19-4/h6-9,15,18H,5,10-12H2,1-4H3. The summed E-state index contributed by atoms with van der Waals surface area (Å²) in [6.45, 7) is 8.31. The topological polar surface area (TPSA) is 21.3 Å². The molecule has 0 bridgehead atoms. The van der Waals surface area contributed by atoms with Gasteiger partial charge < -0.3 is 10.1 Å². The molecule has 1 aromatic carbocycles. The number of methoxy groups -OCH3 is 1. The van der Waals surface area contributed by atoms with E-state index in [2.05, 4.69) is 26.1 Å². The highest BCUT2D eigenvalue weighted by Gasteiger charge is 2.19. The van der Waals surface area contributed by atoms with E-state index < -0.39 is 0 Å². The molecule has 1 rings (SSSR count). The van der Waals surface area contributed by atoms with Crippen molar-refractivity contribution in [2.45, 2.75) is 39.7 Å². The molecule has 0 aliphatic heterocycles. The maximum Gasteiger partial charge on any atom is 0.123 e. The molecule has 1 aromatic rings. The van der Waals surface area contributed by atoms with E-state index in [1.165, 1.54) is 12.1 Å². The molecule has 0 heterocycles. The van der Waals surface area contributed by atoms with Crippen LogP contribution in [0.2, 0.25) is 0 Å². The van der Waals surface area contributed by atoms with E-state index in [-0.39, 0.29) is 17.3 Å². The van der Waals surface area contributed by atoms with Crippen LogP contribution in [0.3, 0.4) is 0 Å². The van der Waals surface area contributed by atoms with Crippen LogP contribution in [0.25, 0.3) is 0 Å². The molecule has 0 aliphatic rings. The fourth-order valence-corrected chi connectivity index (χ4v) is 2.06. The molecule has 1 unspecified atom stereocenters. The first-order valence-electron chi connectivity index (χ1n) is 6.96. The summed E-state index contributed by atoms with van der Waals surface area (Å²) in [6.07, 6.45) is 2.02. The number of benzene rings is 1. The highest BCUT2D eigenvalue weighted by atomic mass is 19.1. The van der Waals surface area contributed by atoms with Crippen molar-refractivity contribution in [3.8, 4) is 0 Å². The summed E-state index contributed by atoms with van der Waals surface area (Å²) in [7, 11) is 1.73. The van der Waals surface area contributed by atoms with Gasteiger partial charge in [-0.2, -0.15) is 0 Å². The summed E-state index contributed by atoms with van der Waals surface area (Å²) in [5.74, 6) is -0.181. The highest BCUT2D eigenvalue weighted by Crippen LogP contribution is 2.23. The summed E-state index contributed by atoms with van der Waals surface area (Å²) in [5, 5.41) is 3.58. The fraction of sp³-hybridized carbons (Fsp3) is 0.625. The zero-order valence-electron chi connectivity index (χ0n) is 12.5. The van der Waals surface area contributed by atoms with Gasteiger partial charge in [0.2, 0.25) is 0 Å². The average molecular weight is 267 g/mol. The quantitative estimate of drug-likeness (QED) is 0.770. The Bertz CT molecular complexity index is 362.